The molecule has 18 heavy (non-hydrogen) atoms. The Morgan fingerprint density at radius 2 is 2.00 bits per heavy atom. The summed E-state index contributed by atoms with van der Waals surface area (Å²) in [5, 5.41) is 9.85. The molecule has 0 bridgehead atoms. The molecule has 4 nitrogen and oxygen atoms in total. The summed E-state index contributed by atoms with van der Waals surface area (Å²) in [7, 11) is 3.22. The van der Waals surface area contributed by atoms with E-state index in [0.29, 0.717) is 17.2 Å². The van der Waals surface area contributed by atoms with Crippen LogP contribution in [0.3, 0.4) is 0 Å². The molecule has 92 valence electrons. The molecular formula is C13H12N2O2S. The summed E-state index contributed by atoms with van der Waals surface area (Å²) in [5.74, 6) is 0.799. The van der Waals surface area contributed by atoms with Crippen LogP contribution in [0.2, 0.25) is 0 Å². The Balaban J connectivity index is 2.35. The summed E-state index contributed by atoms with van der Waals surface area (Å²) < 4.78 is 10.1. The van der Waals surface area contributed by atoms with Gasteiger partial charge in [0.2, 0.25) is 0 Å². The third-order valence-electron chi connectivity index (χ3n) is 2.42. The van der Waals surface area contributed by atoms with E-state index >= 15 is 0 Å². The van der Waals surface area contributed by atoms with Crippen molar-refractivity contribution in [2.24, 2.45) is 0 Å². The standard InChI is InChI=1S/C13H12N2O2S/c1-16-8-11-12(7-14)18-13(15-11)9-3-5-10(17-2)6-4-9/h3-6H,8H2,1-2H3. The molecule has 1 heterocycles. The van der Waals surface area contributed by atoms with E-state index in [0.717, 1.165) is 16.3 Å². The van der Waals surface area contributed by atoms with Crippen LogP contribution in [0.5, 0.6) is 5.75 Å². The first-order valence-corrected chi connectivity index (χ1v) is 6.13. The molecule has 2 aromatic rings. The van der Waals surface area contributed by atoms with Gasteiger partial charge in [-0.15, -0.1) is 11.3 Å². The quantitative estimate of drug-likeness (QED) is 0.848. The number of hydrogen-bond acceptors (Lipinski definition) is 5. The lowest BCUT2D eigenvalue weighted by Crippen LogP contribution is -1.90. The first-order chi connectivity index (χ1) is 8.78. The number of nitrogens with zero attached hydrogens (tertiary/aromatic N) is 2. The smallest absolute Gasteiger partial charge is 0.130 e. The van der Waals surface area contributed by atoms with E-state index in [4.69, 9.17) is 14.7 Å². The second-order valence-electron chi connectivity index (χ2n) is 3.57. The third-order valence-corrected chi connectivity index (χ3v) is 3.47. The third kappa shape index (κ3) is 2.50. The second-order valence-corrected chi connectivity index (χ2v) is 4.57. The Hall–Kier alpha value is -1.90. The van der Waals surface area contributed by atoms with Gasteiger partial charge in [0.15, 0.2) is 0 Å². The van der Waals surface area contributed by atoms with Gasteiger partial charge in [-0.1, -0.05) is 0 Å². The van der Waals surface area contributed by atoms with E-state index < -0.39 is 0 Å². The maximum absolute atomic E-state index is 9.03. The zero-order valence-electron chi connectivity index (χ0n) is 10.1. The zero-order chi connectivity index (χ0) is 13.0. The molecule has 0 spiro atoms. The van der Waals surface area contributed by atoms with Gasteiger partial charge in [-0.05, 0) is 24.3 Å². The van der Waals surface area contributed by atoms with Crippen LogP contribution in [0, 0.1) is 11.3 Å². The van der Waals surface area contributed by atoms with Gasteiger partial charge in [0, 0.05) is 12.7 Å². The molecular weight excluding hydrogens is 248 g/mol. The van der Waals surface area contributed by atoms with Gasteiger partial charge in [0.05, 0.1) is 19.4 Å². The maximum Gasteiger partial charge on any atom is 0.130 e. The Labute approximate surface area is 109 Å². The van der Waals surface area contributed by atoms with Crippen molar-refractivity contribution in [2.45, 2.75) is 6.61 Å². The molecule has 0 amide bonds. The lowest BCUT2D eigenvalue weighted by molar-refractivity contribution is 0.182. The minimum absolute atomic E-state index is 0.357. The summed E-state index contributed by atoms with van der Waals surface area (Å²) in [5.41, 5.74) is 1.66. The lowest BCUT2D eigenvalue weighted by Gasteiger charge is -2.00. The number of rotatable bonds is 4. The summed E-state index contributed by atoms with van der Waals surface area (Å²) in [6.45, 7) is 0.357. The largest absolute Gasteiger partial charge is 0.497 e. The van der Waals surface area contributed by atoms with Gasteiger partial charge in [0.25, 0.3) is 0 Å². The van der Waals surface area contributed by atoms with Gasteiger partial charge in [0.1, 0.15) is 21.7 Å². The molecule has 1 aromatic carbocycles. The molecule has 5 heteroatoms. The maximum atomic E-state index is 9.03. The summed E-state index contributed by atoms with van der Waals surface area (Å²) in [6.07, 6.45) is 0. The number of thiazole rings is 1. The number of ether oxygens (including phenoxy) is 2. The van der Waals surface area contributed by atoms with Crippen molar-refractivity contribution in [1.29, 1.82) is 5.26 Å². The molecule has 0 fully saturated rings. The van der Waals surface area contributed by atoms with Crippen LogP contribution in [0.1, 0.15) is 10.6 Å². The molecule has 1 aromatic heterocycles. The molecule has 0 aliphatic heterocycles. The van der Waals surface area contributed by atoms with E-state index in [1.165, 1.54) is 11.3 Å². The molecule has 0 unspecified atom stereocenters. The predicted octanol–water partition coefficient (Wildman–Crippen LogP) is 2.84. The van der Waals surface area contributed by atoms with Crippen molar-refractivity contribution in [3.8, 4) is 22.4 Å². The highest BCUT2D eigenvalue weighted by Gasteiger charge is 2.12. The second kappa shape index (κ2) is 5.63. The van der Waals surface area contributed by atoms with E-state index in [1.54, 1.807) is 14.2 Å². The zero-order valence-corrected chi connectivity index (χ0v) is 11.0. The van der Waals surface area contributed by atoms with Crippen molar-refractivity contribution in [3.05, 3.63) is 34.8 Å². The number of benzene rings is 1. The SMILES string of the molecule is COCc1nc(-c2ccc(OC)cc2)sc1C#N. The first-order valence-electron chi connectivity index (χ1n) is 5.31. The van der Waals surface area contributed by atoms with Crippen LogP contribution in [-0.4, -0.2) is 19.2 Å². The molecule has 0 atom stereocenters. The Morgan fingerprint density at radius 3 is 2.56 bits per heavy atom. The van der Waals surface area contributed by atoms with Crippen LogP contribution < -0.4 is 4.74 Å². The molecule has 2 rings (SSSR count). The van der Waals surface area contributed by atoms with Crippen molar-refractivity contribution in [1.82, 2.24) is 4.98 Å². The molecule has 0 saturated heterocycles. The van der Waals surface area contributed by atoms with Gasteiger partial charge >= 0.3 is 0 Å². The Morgan fingerprint density at radius 1 is 1.28 bits per heavy atom. The molecule has 0 N–H and O–H groups in total. The van der Waals surface area contributed by atoms with E-state index in [2.05, 4.69) is 11.1 Å². The Bertz CT molecular complexity index is 570. The minimum Gasteiger partial charge on any atom is -0.497 e. The van der Waals surface area contributed by atoms with E-state index in [9.17, 15) is 0 Å². The number of methoxy groups -OCH3 is 2. The highest BCUT2D eigenvalue weighted by molar-refractivity contribution is 7.15. The highest BCUT2D eigenvalue weighted by Crippen LogP contribution is 2.29. The average Bonchev–Trinajstić information content (AvgIpc) is 2.82. The molecule has 0 saturated carbocycles. The fraction of sp³-hybridized carbons (Fsp3) is 0.231. The van der Waals surface area contributed by atoms with Crippen LogP contribution in [0.15, 0.2) is 24.3 Å². The molecule has 0 aliphatic rings. The monoisotopic (exact) mass is 260 g/mol. The average molecular weight is 260 g/mol. The number of hydrogen-bond donors (Lipinski definition) is 0. The predicted molar refractivity (Wildman–Crippen MR) is 69.5 cm³/mol. The fourth-order valence-electron chi connectivity index (χ4n) is 1.53. The van der Waals surface area contributed by atoms with E-state index in [-0.39, 0.29) is 0 Å². The van der Waals surface area contributed by atoms with Crippen LogP contribution in [0.25, 0.3) is 10.6 Å². The van der Waals surface area contributed by atoms with Gasteiger partial charge in [-0.3, -0.25) is 0 Å². The topological polar surface area (TPSA) is 55.1 Å². The highest BCUT2D eigenvalue weighted by atomic mass is 32.1. The number of aromatic nitrogens is 1. The first kappa shape index (κ1) is 12.6. The minimum atomic E-state index is 0.357. The van der Waals surface area contributed by atoms with Crippen LogP contribution >= 0.6 is 11.3 Å². The fourth-order valence-corrected chi connectivity index (χ4v) is 2.40. The van der Waals surface area contributed by atoms with Crippen LogP contribution in [0.4, 0.5) is 0 Å². The summed E-state index contributed by atoms with van der Waals surface area (Å²) >= 11 is 1.37. The Kier molecular flexibility index (Phi) is 3.92. The van der Waals surface area contributed by atoms with Crippen molar-refractivity contribution >= 4 is 11.3 Å². The molecule has 0 aliphatic carbocycles. The van der Waals surface area contributed by atoms with Gasteiger partial charge in [-0.25, -0.2) is 4.98 Å². The number of nitriles is 1. The van der Waals surface area contributed by atoms with Crippen molar-refractivity contribution in [2.75, 3.05) is 14.2 Å². The molecule has 0 radical (unpaired) electrons. The van der Waals surface area contributed by atoms with Gasteiger partial charge < -0.3 is 9.47 Å². The van der Waals surface area contributed by atoms with Crippen LogP contribution in [-0.2, 0) is 11.3 Å². The van der Waals surface area contributed by atoms with Gasteiger partial charge in [-0.2, -0.15) is 5.26 Å². The lowest BCUT2D eigenvalue weighted by atomic mass is 10.2. The normalized spacial score (nSPS) is 10.1. The summed E-state index contributed by atoms with van der Waals surface area (Å²) in [6, 6.07) is 9.74. The van der Waals surface area contributed by atoms with Crippen molar-refractivity contribution in [3.63, 3.8) is 0 Å². The summed E-state index contributed by atoms with van der Waals surface area (Å²) in [4.78, 5) is 5.03. The van der Waals surface area contributed by atoms with E-state index in [1.807, 2.05) is 24.3 Å². The van der Waals surface area contributed by atoms with Crippen molar-refractivity contribution < 1.29 is 9.47 Å².